The first kappa shape index (κ1) is 12.3. The van der Waals surface area contributed by atoms with E-state index in [4.69, 9.17) is 10.5 Å². The fourth-order valence-corrected chi connectivity index (χ4v) is 5.38. The zero-order valence-corrected chi connectivity index (χ0v) is 11.6. The smallest absolute Gasteiger partial charge is 0.0783 e. The fourth-order valence-electron chi connectivity index (χ4n) is 4.00. The lowest BCUT2D eigenvalue weighted by Crippen LogP contribution is -2.54. The van der Waals surface area contributed by atoms with Gasteiger partial charge >= 0.3 is 0 Å². The highest BCUT2D eigenvalue weighted by molar-refractivity contribution is 7.99. The highest BCUT2D eigenvalue weighted by Crippen LogP contribution is 2.46. The Balaban J connectivity index is 1.70. The van der Waals surface area contributed by atoms with E-state index in [9.17, 15) is 0 Å². The van der Waals surface area contributed by atoms with Crippen molar-refractivity contribution in [3.05, 3.63) is 0 Å². The maximum Gasteiger partial charge on any atom is 0.0783 e. The van der Waals surface area contributed by atoms with Crippen molar-refractivity contribution in [3.8, 4) is 0 Å². The molecule has 3 aliphatic rings. The average Bonchev–Trinajstić information content (AvgIpc) is 2.78. The number of rotatable bonds is 1. The molecule has 2 saturated heterocycles. The van der Waals surface area contributed by atoms with Crippen LogP contribution < -0.4 is 5.73 Å². The molecule has 1 saturated carbocycles. The molecule has 2 atom stereocenters. The molecule has 98 valence electrons. The Bertz CT molecular complexity index is 269. The Hall–Kier alpha value is 0.270. The van der Waals surface area contributed by atoms with E-state index < -0.39 is 0 Å². The van der Waals surface area contributed by atoms with Crippen LogP contribution in [0, 0.1) is 5.92 Å². The molecule has 0 amide bonds. The minimum Gasteiger partial charge on any atom is -0.374 e. The van der Waals surface area contributed by atoms with Crippen LogP contribution in [-0.4, -0.2) is 29.3 Å². The van der Waals surface area contributed by atoms with Crippen LogP contribution >= 0.6 is 11.8 Å². The van der Waals surface area contributed by atoms with Gasteiger partial charge in [-0.3, -0.25) is 0 Å². The molecule has 0 radical (unpaired) electrons. The topological polar surface area (TPSA) is 35.2 Å². The van der Waals surface area contributed by atoms with Crippen molar-refractivity contribution in [2.75, 3.05) is 18.1 Å². The maximum atomic E-state index is 6.72. The molecule has 2 unspecified atom stereocenters. The Morgan fingerprint density at radius 1 is 1.12 bits per heavy atom. The Morgan fingerprint density at radius 3 is 2.65 bits per heavy atom. The van der Waals surface area contributed by atoms with E-state index >= 15 is 0 Å². The minimum atomic E-state index is 0.141. The van der Waals surface area contributed by atoms with Gasteiger partial charge in [0.05, 0.1) is 5.60 Å². The summed E-state index contributed by atoms with van der Waals surface area (Å²) < 4.78 is 6.12. The highest BCUT2D eigenvalue weighted by Gasteiger charge is 2.46. The van der Waals surface area contributed by atoms with E-state index in [1.807, 2.05) is 0 Å². The first-order valence-electron chi connectivity index (χ1n) is 7.23. The van der Waals surface area contributed by atoms with Crippen LogP contribution in [0.2, 0.25) is 0 Å². The molecule has 17 heavy (non-hydrogen) atoms. The maximum absolute atomic E-state index is 6.72. The lowest BCUT2D eigenvalue weighted by atomic mass is 9.67. The monoisotopic (exact) mass is 255 g/mol. The van der Waals surface area contributed by atoms with Crippen LogP contribution in [0.15, 0.2) is 0 Å². The van der Waals surface area contributed by atoms with Crippen LogP contribution in [0.3, 0.4) is 0 Å². The van der Waals surface area contributed by atoms with E-state index in [0.717, 1.165) is 12.5 Å². The van der Waals surface area contributed by atoms with Gasteiger partial charge in [0.1, 0.15) is 0 Å². The molecule has 0 aromatic heterocycles. The molecule has 2 N–H and O–H groups in total. The molecule has 0 aromatic carbocycles. The lowest BCUT2D eigenvalue weighted by Gasteiger charge is -2.47. The van der Waals surface area contributed by atoms with Gasteiger partial charge in [-0.25, -0.2) is 0 Å². The van der Waals surface area contributed by atoms with Crippen molar-refractivity contribution in [2.45, 2.75) is 62.5 Å². The third-order valence-electron chi connectivity index (χ3n) is 5.16. The summed E-state index contributed by atoms with van der Waals surface area (Å²) in [5, 5.41) is 0. The number of hydrogen-bond acceptors (Lipinski definition) is 3. The zero-order chi connectivity index (χ0) is 11.8. The number of thioether (sulfide) groups is 1. The van der Waals surface area contributed by atoms with Crippen LogP contribution in [0.25, 0.3) is 0 Å². The van der Waals surface area contributed by atoms with Gasteiger partial charge in [-0.05, 0) is 43.8 Å². The lowest BCUT2D eigenvalue weighted by molar-refractivity contribution is -0.0955. The highest BCUT2D eigenvalue weighted by atomic mass is 32.2. The second-order valence-corrected chi connectivity index (χ2v) is 7.42. The minimum absolute atomic E-state index is 0.141. The molecule has 0 bridgehead atoms. The van der Waals surface area contributed by atoms with Gasteiger partial charge in [0.2, 0.25) is 0 Å². The average molecular weight is 255 g/mol. The van der Waals surface area contributed by atoms with Crippen molar-refractivity contribution in [3.63, 3.8) is 0 Å². The first-order valence-corrected chi connectivity index (χ1v) is 8.39. The van der Waals surface area contributed by atoms with Gasteiger partial charge in [-0.15, -0.1) is 0 Å². The van der Waals surface area contributed by atoms with Gasteiger partial charge in [0.25, 0.3) is 0 Å². The molecular formula is C14H25NOS. The second-order valence-electron chi connectivity index (χ2n) is 6.32. The summed E-state index contributed by atoms with van der Waals surface area (Å²) >= 11 is 2.06. The summed E-state index contributed by atoms with van der Waals surface area (Å²) in [4.78, 5) is 0. The van der Waals surface area contributed by atoms with Crippen molar-refractivity contribution in [1.82, 2.24) is 0 Å². The van der Waals surface area contributed by atoms with E-state index in [1.54, 1.807) is 0 Å². The van der Waals surface area contributed by atoms with E-state index in [1.165, 1.54) is 62.9 Å². The Labute approximate surface area is 109 Å². The Morgan fingerprint density at radius 2 is 1.94 bits per heavy atom. The molecule has 1 spiro atoms. The molecule has 3 heteroatoms. The predicted octanol–water partition coefficient (Wildman–Crippen LogP) is 2.95. The van der Waals surface area contributed by atoms with E-state index in [-0.39, 0.29) is 11.1 Å². The number of nitrogens with two attached hydrogens (primary N) is 1. The van der Waals surface area contributed by atoms with E-state index in [2.05, 4.69) is 11.8 Å². The van der Waals surface area contributed by atoms with Gasteiger partial charge in [0.15, 0.2) is 0 Å². The van der Waals surface area contributed by atoms with Gasteiger partial charge < -0.3 is 10.5 Å². The fraction of sp³-hybridized carbons (Fsp3) is 1.00. The van der Waals surface area contributed by atoms with Crippen molar-refractivity contribution in [2.24, 2.45) is 11.7 Å². The summed E-state index contributed by atoms with van der Waals surface area (Å²) in [6.45, 7) is 0.949. The van der Waals surface area contributed by atoms with Crippen LogP contribution in [-0.2, 0) is 4.74 Å². The normalized spacial score (nSPS) is 41.8. The third kappa shape index (κ3) is 2.39. The molecule has 3 rings (SSSR count). The van der Waals surface area contributed by atoms with E-state index in [0.29, 0.717) is 0 Å². The van der Waals surface area contributed by atoms with Gasteiger partial charge in [-0.2, -0.15) is 11.8 Å². The molecule has 2 aliphatic heterocycles. The summed E-state index contributed by atoms with van der Waals surface area (Å²) in [5.41, 5.74) is 7.07. The first-order chi connectivity index (χ1) is 8.23. The Kier molecular flexibility index (Phi) is 3.44. The van der Waals surface area contributed by atoms with Gasteiger partial charge in [-0.1, -0.05) is 19.3 Å². The number of hydrogen-bond donors (Lipinski definition) is 1. The summed E-state index contributed by atoms with van der Waals surface area (Å²) in [6.07, 6.45) is 10.3. The van der Waals surface area contributed by atoms with Crippen LogP contribution in [0.1, 0.15) is 51.4 Å². The van der Waals surface area contributed by atoms with Crippen LogP contribution in [0.4, 0.5) is 0 Å². The molecule has 3 fully saturated rings. The summed E-state index contributed by atoms with van der Waals surface area (Å²) in [6, 6.07) is 0. The quantitative estimate of drug-likeness (QED) is 0.782. The SMILES string of the molecule is NC1(C2CCOC3(CCSC3)C2)CCCCC1. The largest absolute Gasteiger partial charge is 0.374 e. The zero-order valence-electron chi connectivity index (χ0n) is 10.7. The van der Waals surface area contributed by atoms with Crippen LogP contribution in [0.5, 0.6) is 0 Å². The van der Waals surface area contributed by atoms with Crippen molar-refractivity contribution in [1.29, 1.82) is 0 Å². The summed E-state index contributed by atoms with van der Waals surface area (Å²) in [5.74, 6) is 3.21. The second kappa shape index (κ2) is 4.75. The molecule has 2 heterocycles. The molecular weight excluding hydrogens is 230 g/mol. The van der Waals surface area contributed by atoms with Crippen molar-refractivity contribution < 1.29 is 4.74 Å². The summed E-state index contributed by atoms with van der Waals surface area (Å²) in [7, 11) is 0. The number of ether oxygens (including phenoxy) is 1. The standard InChI is InChI=1S/C14H25NOS/c15-14(5-2-1-3-6-14)12-4-8-16-13(10-12)7-9-17-11-13/h12H,1-11,15H2. The van der Waals surface area contributed by atoms with Crippen molar-refractivity contribution >= 4 is 11.8 Å². The van der Waals surface area contributed by atoms with Gasteiger partial charge in [0, 0.05) is 17.9 Å². The molecule has 2 nitrogen and oxygen atoms in total. The third-order valence-corrected chi connectivity index (χ3v) is 6.38. The molecule has 1 aliphatic carbocycles. The predicted molar refractivity (Wildman–Crippen MR) is 73.4 cm³/mol. The molecule has 0 aromatic rings.